The zero-order valence-electron chi connectivity index (χ0n) is 9.11. The van der Waals surface area contributed by atoms with Crippen LogP contribution in [0.2, 0.25) is 0 Å². The molecular formula is C12H20O2. The molecule has 1 heterocycles. The van der Waals surface area contributed by atoms with E-state index in [0.29, 0.717) is 17.9 Å². The molecule has 0 aromatic rings. The Morgan fingerprint density at radius 2 is 1.93 bits per heavy atom. The lowest BCUT2D eigenvalue weighted by Crippen LogP contribution is -2.39. The van der Waals surface area contributed by atoms with Crippen LogP contribution in [0.3, 0.4) is 0 Å². The summed E-state index contributed by atoms with van der Waals surface area (Å²) < 4.78 is 11.5. The molecule has 2 aliphatic rings. The Kier molecular flexibility index (Phi) is 3.24. The van der Waals surface area contributed by atoms with Gasteiger partial charge in [-0.1, -0.05) is 19.1 Å². The average molecular weight is 196 g/mol. The number of hydrogen-bond acceptors (Lipinski definition) is 2. The number of ether oxygens (including phenoxy) is 2. The van der Waals surface area contributed by atoms with Crippen LogP contribution in [-0.4, -0.2) is 19.0 Å². The third-order valence-electron chi connectivity index (χ3n) is 3.34. The van der Waals surface area contributed by atoms with Gasteiger partial charge in [0.1, 0.15) is 0 Å². The topological polar surface area (TPSA) is 18.5 Å². The van der Waals surface area contributed by atoms with Crippen molar-refractivity contribution in [2.75, 3.05) is 6.61 Å². The predicted octanol–water partition coefficient (Wildman–Crippen LogP) is 2.74. The molecule has 14 heavy (non-hydrogen) atoms. The average Bonchev–Trinajstić information content (AvgIpc) is 2.18. The zero-order valence-corrected chi connectivity index (χ0v) is 9.11. The maximum absolute atomic E-state index is 5.84. The fourth-order valence-corrected chi connectivity index (χ4v) is 2.26. The molecule has 0 radical (unpaired) electrons. The smallest absolute Gasteiger partial charge is 0.161 e. The molecule has 1 saturated heterocycles. The largest absolute Gasteiger partial charge is 0.352 e. The van der Waals surface area contributed by atoms with Crippen LogP contribution >= 0.6 is 0 Å². The van der Waals surface area contributed by atoms with Crippen LogP contribution in [0, 0.1) is 11.8 Å². The van der Waals surface area contributed by atoms with E-state index in [1.807, 2.05) is 0 Å². The van der Waals surface area contributed by atoms with Crippen molar-refractivity contribution in [3.63, 3.8) is 0 Å². The molecule has 1 aliphatic heterocycles. The lowest BCUT2D eigenvalue weighted by molar-refractivity contribution is -0.237. The molecule has 0 saturated carbocycles. The van der Waals surface area contributed by atoms with Crippen molar-refractivity contribution in [1.29, 1.82) is 0 Å². The van der Waals surface area contributed by atoms with Crippen LogP contribution < -0.4 is 0 Å². The van der Waals surface area contributed by atoms with Crippen LogP contribution in [0.15, 0.2) is 12.2 Å². The highest BCUT2D eigenvalue weighted by molar-refractivity contribution is 4.94. The van der Waals surface area contributed by atoms with Gasteiger partial charge in [0, 0.05) is 5.92 Å². The molecule has 2 rings (SSSR count). The van der Waals surface area contributed by atoms with Gasteiger partial charge in [-0.3, -0.25) is 0 Å². The summed E-state index contributed by atoms with van der Waals surface area (Å²) >= 11 is 0. The molecule has 1 aliphatic carbocycles. The Morgan fingerprint density at radius 1 is 1.14 bits per heavy atom. The maximum Gasteiger partial charge on any atom is 0.161 e. The van der Waals surface area contributed by atoms with E-state index in [1.54, 1.807) is 0 Å². The normalized spacial score (nSPS) is 43.9. The Hall–Kier alpha value is -0.340. The maximum atomic E-state index is 5.84. The lowest BCUT2D eigenvalue weighted by Gasteiger charge is -2.37. The van der Waals surface area contributed by atoms with E-state index in [4.69, 9.17) is 9.47 Å². The van der Waals surface area contributed by atoms with Crippen molar-refractivity contribution in [2.45, 2.75) is 45.5 Å². The van der Waals surface area contributed by atoms with Crippen LogP contribution in [0.25, 0.3) is 0 Å². The van der Waals surface area contributed by atoms with Crippen molar-refractivity contribution in [3.05, 3.63) is 12.2 Å². The van der Waals surface area contributed by atoms with E-state index >= 15 is 0 Å². The van der Waals surface area contributed by atoms with Crippen LogP contribution in [0.4, 0.5) is 0 Å². The van der Waals surface area contributed by atoms with Gasteiger partial charge in [-0.25, -0.2) is 0 Å². The SMILES string of the molecule is CC1CCOC(C2CC=CCC2C)O1. The number of allylic oxidation sites excluding steroid dienone is 2. The molecule has 4 unspecified atom stereocenters. The number of hydrogen-bond donors (Lipinski definition) is 0. The minimum Gasteiger partial charge on any atom is -0.352 e. The highest BCUT2D eigenvalue weighted by Crippen LogP contribution is 2.32. The quantitative estimate of drug-likeness (QED) is 0.600. The Labute approximate surface area is 86.3 Å². The third kappa shape index (κ3) is 2.18. The summed E-state index contributed by atoms with van der Waals surface area (Å²) in [7, 11) is 0. The van der Waals surface area contributed by atoms with Gasteiger partial charge in [0.15, 0.2) is 6.29 Å². The van der Waals surface area contributed by atoms with E-state index in [0.717, 1.165) is 19.4 Å². The first-order valence-electron chi connectivity index (χ1n) is 5.69. The standard InChI is InChI=1S/C12H20O2/c1-9-5-3-4-6-11(9)12-13-8-7-10(2)14-12/h3-4,9-12H,5-8H2,1-2H3. The van der Waals surface area contributed by atoms with Crippen molar-refractivity contribution >= 4 is 0 Å². The van der Waals surface area contributed by atoms with Gasteiger partial charge in [0.2, 0.25) is 0 Å². The minimum atomic E-state index is 0.0405. The number of rotatable bonds is 1. The highest BCUT2D eigenvalue weighted by atomic mass is 16.7. The molecular weight excluding hydrogens is 176 g/mol. The molecule has 2 heteroatoms. The van der Waals surface area contributed by atoms with E-state index in [2.05, 4.69) is 26.0 Å². The Bertz CT molecular complexity index is 212. The summed E-state index contributed by atoms with van der Waals surface area (Å²) in [6.45, 7) is 5.29. The second kappa shape index (κ2) is 4.45. The summed E-state index contributed by atoms with van der Waals surface area (Å²) in [4.78, 5) is 0. The first-order chi connectivity index (χ1) is 6.77. The summed E-state index contributed by atoms with van der Waals surface area (Å²) in [5.41, 5.74) is 0. The lowest BCUT2D eigenvalue weighted by atomic mass is 9.83. The van der Waals surface area contributed by atoms with Crippen molar-refractivity contribution < 1.29 is 9.47 Å². The first-order valence-corrected chi connectivity index (χ1v) is 5.69. The second-order valence-corrected chi connectivity index (χ2v) is 4.56. The molecule has 0 aromatic heterocycles. The van der Waals surface area contributed by atoms with Gasteiger partial charge in [-0.2, -0.15) is 0 Å². The van der Waals surface area contributed by atoms with Gasteiger partial charge in [0.25, 0.3) is 0 Å². The summed E-state index contributed by atoms with van der Waals surface area (Å²) in [5, 5.41) is 0. The molecule has 0 aromatic carbocycles. The molecule has 0 N–H and O–H groups in total. The van der Waals surface area contributed by atoms with Gasteiger partial charge in [0.05, 0.1) is 12.7 Å². The van der Waals surface area contributed by atoms with E-state index in [1.165, 1.54) is 6.42 Å². The van der Waals surface area contributed by atoms with Crippen molar-refractivity contribution in [1.82, 2.24) is 0 Å². The zero-order chi connectivity index (χ0) is 9.97. The highest BCUT2D eigenvalue weighted by Gasteiger charge is 2.32. The van der Waals surface area contributed by atoms with Crippen LogP contribution in [0.5, 0.6) is 0 Å². The molecule has 80 valence electrons. The first kappa shape index (κ1) is 10.2. The molecule has 4 atom stereocenters. The molecule has 0 bridgehead atoms. The molecule has 0 amide bonds. The second-order valence-electron chi connectivity index (χ2n) is 4.56. The summed E-state index contributed by atoms with van der Waals surface area (Å²) in [6, 6.07) is 0. The molecule has 1 fully saturated rings. The van der Waals surface area contributed by atoms with Gasteiger partial charge in [-0.05, 0) is 32.1 Å². The Morgan fingerprint density at radius 3 is 2.64 bits per heavy atom. The third-order valence-corrected chi connectivity index (χ3v) is 3.34. The van der Waals surface area contributed by atoms with Gasteiger partial charge >= 0.3 is 0 Å². The van der Waals surface area contributed by atoms with E-state index in [-0.39, 0.29) is 6.29 Å². The van der Waals surface area contributed by atoms with Crippen LogP contribution in [0.1, 0.15) is 33.1 Å². The van der Waals surface area contributed by atoms with Crippen molar-refractivity contribution in [2.24, 2.45) is 11.8 Å². The molecule has 0 spiro atoms. The fraction of sp³-hybridized carbons (Fsp3) is 0.833. The Balaban J connectivity index is 1.95. The van der Waals surface area contributed by atoms with Crippen molar-refractivity contribution in [3.8, 4) is 0 Å². The van der Waals surface area contributed by atoms with Gasteiger partial charge < -0.3 is 9.47 Å². The van der Waals surface area contributed by atoms with E-state index in [9.17, 15) is 0 Å². The fourth-order valence-electron chi connectivity index (χ4n) is 2.26. The summed E-state index contributed by atoms with van der Waals surface area (Å²) in [5.74, 6) is 1.25. The van der Waals surface area contributed by atoms with Crippen LogP contribution in [-0.2, 0) is 9.47 Å². The van der Waals surface area contributed by atoms with Gasteiger partial charge in [-0.15, -0.1) is 0 Å². The monoisotopic (exact) mass is 196 g/mol. The minimum absolute atomic E-state index is 0.0405. The summed E-state index contributed by atoms with van der Waals surface area (Å²) in [6.07, 6.45) is 8.25. The van der Waals surface area contributed by atoms with E-state index < -0.39 is 0 Å². The predicted molar refractivity (Wildman–Crippen MR) is 55.9 cm³/mol. The molecule has 2 nitrogen and oxygen atoms in total.